The molecular weight excluding hydrogens is 461 g/mol. The summed E-state index contributed by atoms with van der Waals surface area (Å²) in [5.74, 6) is 1.84. The number of hydrogen-bond acceptors (Lipinski definition) is 2. The van der Waals surface area contributed by atoms with Gasteiger partial charge >= 0.3 is 0 Å². The maximum atomic E-state index is 6.39. The van der Waals surface area contributed by atoms with Gasteiger partial charge in [-0.05, 0) is 98.3 Å². The molecule has 0 N–H and O–H groups in total. The minimum Gasteiger partial charge on any atom is -0.323 e. The number of piperidine rings is 1. The van der Waals surface area contributed by atoms with Crippen molar-refractivity contribution in [3.05, 3.63) is 98.8 Å². The van der Waals surface area contributed by atoms with Crippen molar-refractivity contribution < 1.29 is 0 Å². The van der Waals surface area contributed by atoms with E-state index < -0.39 is 0 Å². The zero-order valence-corrected chi connectivity index (χ0v) is 21.4. The van der Waals surface area contributed by atoms with Crippen LogP contribution in [-0.4, -0.2) is 27.5 Å². The summed E-state index contributed by atoms with van der Waals surface area (Å²) in [5.41, 5.74) is 7.40. The van der Waals surface area contributed by atoms with Gasteiger partial charge in [-0.25, -0.2) is 4.98 Å². The average molecular weight is 492 g/mol. The van der Waals surface area contributed by atoms with Crippen molar-refractivity contribution in [1.82, 2.24) is 14.5 Å². The van der Waals surface area contributed by atoms with Crippen LogP contribution in [0.25, 0.3) is 11.0 Å². The SMILES string of the molecule is Cc1cc2nc(CC3CCN(Cc4ccccc4Cl)CC3)n(Cc3ccc(Cl)cc3)c2cc1C. The van der Waals surface area contributed by atoms with E-state index in [1.165, 1.54) is 46.4 Å². The van der Waals surface area contributed by atoms with Crippen molar-refractivity contribution in [2.24, 2.45) is 5.92 Å². The van der Waals surface area contributed by atoms with E-state index in [2.05, 4.69) is 59.7 Å². The van der Waals surface area contributed by atoms with E-state index in [0.29, 0.717) is 5.92 Å². The molecule has 1 saturated heterocycles. The highest BCUT2D eigenvalue weighted by molar-refractivity contribution is 6.31. The summed E-state index contributed by atoms with van der Waals surface area (Å²) in [5, 5.41) is 1.64. The maximum absolute atomic E-state index is 6.39. The smallest absolute Gasteiger partial charge is 0.110 e. The van der Waals surface area contributed by atoms with Gasteiger partial charge in [0.15, 0.2) is 0 Å². The molecule has 5 rings (SSSR count). The molecule has 1 fully saturated rings. The Bertz CT molecular complexity index is 1280. The number of rotatable bonds is 6. The topological polar surface area (TPSA) is 21.1 Å². The van der Waals surface area contributed by atoms with Crippen LogP contribution in [0.2, 0.25) is 10.0 Å². The minimum atomic E-state index is 0.644. The first-order valence-corrected chi connectivity index (χ1v) is 12.9. The molecule has 4 aromatic rings. The van der Waals surface area contributed by atoms with Crippen LogP contribution in [0.1, 0.15) is 40.9 Å². The number of nitrogens with zero attached hydrogens (tertiary/aromatic N) is 3. The van der Waals surface area contributed by atoms with Gasteiger partial charge in [-0.1, -0.05) is 53.5 Å². The maximum Gasteiger partial charge on any atom is 0.110 e. The highest BCUT2D eigenvalue weighted by Crippen LogP contribution is 2.28. The zero-order chi connectivity index (χ0) is 23.7. The first kappa shape index (κ1) is 23.4. The Hall–Kier alpha value is -2.33. The molecule has 176 valence electrons. The summed E-state index contributed by atoms with van der Waals surface area (Å²) < 4.78 is 2.42. The molecule has 0 amide bonds. The van der Waals surface area contributed by atoms with Crippen molar-refractivity contribution in [3.8, 4) is 0 Å². The van der Waals surface area contributed by atoms with Crippen LogP contribution in [0.15, 0.2) is 60.7 Å². The molecule has 1 aliphatic rings. The number of imidazole rings is 1. The van der Waals surface area contributed by atoms with Gasteiger partial charge in [0.1, 0.15) is 5.82 Å². The summed E-state index contributed by atoms with van der Waals surface area (Å²) in [6, 6.07) is 20.9. The van der Waals surface area contributed by atoms with Crippen molar-refractivity contribution in [2.45, 2.75) is 46.2 Å². The second-order valence-corrected chi connectivity index (χ2v) is 10.5. The van der Waals surface area contributed by atoms with Gasteiger partial charge < -0.3 is 4.57 Å². The van der Waals surface area contributed by atoms with Crippen molar-refractivity contribution in [2.75, 3.05) is 13.1 Å². The van der Waals surface area contributed by atoms with Crippen LogP contribution in [0.5, 0.6) is 0 Å². The molecule has 0 aliphatic carbocycles. The van der Waals surface area contributed by atoms with Crippen LogP contribution in [0.4, 0.5) is 0 Å². The van der Waals surface area contributed by atoms with E-state index in [-0.39, 0.29) is 0 Å². The second-order valence-electron chi connectivity index (χ2n) is 9.68. The number of likely N-dealkylation sites (tertiary alicyclic amines) is 1. The van der Waals surface area contributed by atoms with Crippen LogP contribution in [0, 0.1) is 19.8 Å². The molecule has 2 heterocycles. The molecule has 3 aromatic carbocycles. The number of aromatic nitrogens is 2. The summed E-state index contributed by atoms with van der Waals surface area (Å²) in [4.78, 5) is 7.66. The highest BCUT2D eigenvalue weighted by Gasteiger charge is 2.23. The van der Waals surface area contributed by atoms with E-state index in [9.17, 15) is 0 Å². The molecule has 3 nitrogen and oxygen atoms in total. The predicted molar refractivity (Wildman–Crippen MR) is 143 cm³/mol. The lowest BCUT2D eigenvalue weighted by Crippen LogP contribution is -2.34. The quantitative estimate of drug-likeness (QED) is 0.279. The second kappa shape index (κ2) is 10.1. The van der Waals surface area contributed by atoms with Crippen molar-refractivity contribution >= 4 is 34.2 Å². The zero-order valence-electron chi connectivity index (χ0n) is 19.9. The normalized spacial score (nSPS) is 15.3. The molecule has 34 heavy (non-hydrogen) atoms. The van der Waals surface area contributed by atoms with Gasteiger partial charge in [0, 0.05) is 29.6 Å². The summed E-state index contributed by atoms with van der Waals surface area (Å²) in [6.45, 7) is 8.30. The van der Waals surface area contributed by atoms with E-state index in [1.54, 1.807) is 0 Å². The Morgan fingerprint density at radius 3 is 2.32 bits per heavy atom. The third-order valence-electron chi connectivity index (χ3n) is 7.23. The molecule has 0 radical (unpaired) electrons. The lowest BCUT2D eigenvalue weighted by molar-refractivity contribution is 0.175. The van der Waals surface area contributed by atoms with E-state index in [4.69, 9.17) is 28.2 Å². The fraction of sp³-hybridized carbons (Fsp3) is 0.345. The Balaban J connectivity index is 1.34. The van der Waals surface area contributed by atoms with Crippen molar-refractivity contribution in [1.29, 1.82) is 0 Å². The molecule has 1 aromatic heterocycles. The monoisotopic (exact) mass is 491 g/mol. The number of benzene rings is 3. The Kier molecular flexibility index (Phi) is 6.96. The third kappa shape index (κ3) is 5.17. The molecule has 0 unspecified atom stereocenters. The van der Waals surface area contributed by atoms with E-state index in [1.807, 2.05) is 24.3 Å². The molecule has 0 saturated carbocycles. The number of fused-ring (bicyclic) bond motifs is 1. The Morgan fingerprint density at radius 2 is 1.59 bits per heavy atom. The minimum absolute atomic E-state index is 0.644. The fourth-order valence-corrected chi connectivity index (χ4v) is 5.33. The fourth-order valence-electron chi connectivity index (χ4n) is 5.01. The molecule has 0 spiro atoms. The van der Waals surface area contributed by atoms with Gasteiger partial charge in [0.05, 0.1) is 11.0 Å². The Labute approximate surface area is 212 Å². The highest BCUT2D eigenvalue weighted by atomic mass is 35.5. The lowest BCUT2D eigenvalue weighted by atomic mass is 9.93. The van der Waals surface area contributed by atoms with Crippen molar-refractivity contribution in [3.63, 3.8) is 0 Å². The Morgan fingerprint density at radius 1 is 0.882 bits per heavy atom. The molecule has 0 atom stereocenters. The molecule has 0 bridgehead atoms. The third-order valence-corrected chi connectivity index (χ3v) is 7.85. The average Bonchev–Trinajstić information content (AvgIpc) is 3.14. The van der Waals surface area contributed by atoms with E-state index in [0.717, 1.165) is 48.2 Å². The molecule has 1 aliphatic heterocycles. The number of aryl methyl sites for hydroxylation is 2. The van der Waals surface area contributed by atoms with Gasteiger partial charge in [-0.3, -0.25) is 4.90 Å². The van der Waals surface area contributed by atoms with Gasteiger partial charge in [0.2, 0.25) is 0 Å². The van der Waals surface area contributed by atoms with Gasteiger partial charge in [0.25, 0.3) is 0 Å². The first-order chi connectivity index (χ1) is 16.5. The number of hydrogen-bond donors (Lipinski definition) is 0. The van der Waals surface area contributed by atoms with Crippen LogP contribution >= 0.6 is 23.2 Å². The lowest BCUT2D eigenvalue weighted by Gasteiger charge is -2.32. The molecular formula is C29H31Cl2N3. The standard InChI is InChI=1S/C29H31Cl2N3/c1-20-15-27-28(16-21(20)2)34(18-23-7-9-25(30)10-8-23)29(32-27)17-22-11-13-33(14-12-22)19-24-5-3-4-6-26(24)31/h3-10,15-16,22H,11-14,17-19H2,1-2H3. The largest absolute Gasteiger partial charge is 0.323 e. The molecule has 5 heteroatoms. The summed E-state index contributed by atoms with van der Waals surface area (Å²) in [7, 11) is 0. The van der Waals surface area contributed by atoms with Crippen LogP contribution in [-0.2, 0) is 19.5 Å². The van der Waals surface area contributed by atoms with Crippen LogP contribution in [0.3, 0.4) is 0 Å². The van der Waals surface area contributed by atoms with E-state index >= 15 is 0 Å². The van der Waals surface area contributed by atoms with Crippen LogP contribution < -0.4 is 0 Å². The van der Waals surface area contributed by atoms with Gasteiger partial charge in [-0.2, -0.15) is 0 Å². The summed E-state index contributed by atoms with van der Waals surface area (Å²) >= 11 is 12.5. The summed E-state index contributed by atoms with van der Waals surface area (Å²) in [6.07, 6.45) is 3.39. The first-order valence-electron chi connectivity index (χ1n) is 12.1. The van der Waals surface area contributed by atoms with Gasteiger partial charge in [-0.15, -0.1) is 0 Å². The predicted octanol–water partition coefficient (Wildman–Crippen LogP) is 7.46. The number of halogens is 2.